The molecule has 1 aliphatic rings. The largest absolute Gasteiger partial charge is 0.479 e. The topological polar surface area (TPSA) is 102 Å². The molecule has 1 aliphatic heterocycles. The van der Waals surface area contributed by atoms with Crippen molar-refractivity contribution in [2.45, 2.75) is 25.0 Å². The fraction of sp³-hybridized carbons (Fsp3) is 0.385. The lowest BCUT2D eigenvalue weighted by Crippen LogP contribution is -2.33. The number of hydrogen-bond acceptors (Lipinski definition) is 4. The van der Waals surface area contributed by atoms with Crippen LogP contribution in [-0.4, -0.2) is 35.7 Å². The second kappa shape index (κ2) is 6.23. The number of nitrogens with one attached hydrogen (secondary N) is 1. The van der Waals surface area contributed by atoms with E-state index in [9.17, 15) is 9.59 Å². The van der Waals surface area contributed by atoms with Crippen LogP contribution < -0.4 is 11.1 Å². The van der Waals surface area contributed by atoms with E-state index in [4.69, 9.17) is 15.6 Å². The second-order valence-electron chi connectivity index (χ2n) is 4.61. The minimum atomic E-state index is -0.957. The van der Waals surface area contributed by atoms with Gasteiger partial charge in [0.1, 0.15) is 0 Å². The molecule has 1 amide bonds. The zero-order valence-electron chi connectivity index (χ0n) is 10.6. The third-order valence-electron chi connectivity index (χ3n) is 3.14. The summed E-state index contributed by atoms with van der Waals surface area (Å²) in [6.45, 7) is 0.296. The number of nitrogens with two attached hydrogens (primary N) is 1. The highest BCUT2D eigenvalue weighted by Crippen LogP contribution is 2.21. The van der Waals surface area contributed by atoms with Crippen molar-refractivity contribution in [2.24, 2.45) is 0 Å². The molecule has 2 unspecified atom stereocenters. The van der Waals surface area contributed by atoms with Crippen LogP contribution in [-0.2, 0) is 9.53 Å². The molecule has 20 heavy (non-hydrogen) atoms. The summed E-state index contributed by atoms with van der Waals surface area (Å²) in [4.78, 5) is 22.7. The molecule has 0 aromatic heterocycles. The Morgan fingerprint density at radius 2 is 2.20 bits per heavy atom. The number of carbonyl (C=O) groups excluding carboxylic acids is 1. The van der Waals surface area contributed by atoms with Crippen molar-refractivity contribution < 1.29 is 19.4 Å². The Labute approximate surface area is 124 Å². The molecule has 0 aliphatic carbocycles. The van der Waals surface area contributed by atoms with Crippen molar-refractivity contribution in [1.29, 1.82) is 0 Å². The third-order valence-corrected chi connectivity index (χ3v) is 3.82. The summed E-state index contributed by atoms with van der Waals surface area (Å²) in [5, 5.41) is 11.5. The number of carbonyl (C=O) groups is 2. The predicted molar refractivity (Wildman–Crippen MR) is 76.4 cm³/mol. The Morgan fingerprint density at radius 3 is 2.80 bits per heavy atom. The van der Waals surface area contributed by atoms with Crippen LogP contribution in [0.3, 0.4) is 0 Å². The average Bonchev–Trinajstić information content (AvgIpc) is 2.88. The maximum absolute atomic E-state index is 11.9. The molecule has 0 spiro atoms. The van der Waals surface area contributed by atoms with E-state index in [-0.39, 0.29) is 12.0 Å². The van der Waals surface area contributed by atoms with Crippen molar-refractivity contribution in [3.63, 3.8) is 0 Å². The molecule has 1 aromatic rings. The number of benzene rings is 1. The number of hydrogen-bond donors (Lipinski definition) is 3. The Morgan fingerprint density at radius 1 is 1.45 bits per heavy atom. The third kappa shape index (κ3) is 3.49. The van der Waals surface area contributed by atoms with Crippen LogP contribution in [0.2, 0.25) is 0 Å². The van der Waals surface area contributed by atoms with Gasteiger partial charge in [0.2, 0.25) is 0 Å². The van der Waals surface area contributed by atoms with E-state index < -0.39 is 12.1 Å². The summed E-state index contributed by atoms with van der Waals surface area (Å²) in [6.07, 6.45) is 0.0891. The molecular weight excluding hydrogens is 328 g/mol. The van der Waals surface area contributed by atoms with Crippen LogP contribution in [0.4, 0.5) is 5.69 Å². The zero-order valence-corrected chi connectivity index (χ0v) is 12.2. The number of halogens is 1. The van der Waals surface area contributed by atoms with E-state index in [1.54, 1.807) is 18.2 Å². The minimum Gasteiger partial charge on any atom is -0.479 e. The van der Waals surface area contributed by atoms with Gasteiger partial charge in [0.05, 0.1) is 6.10 Å². The molecule has 6 nitrogen and oxygen atoms in total. The average molecular weight is 343 g/mol. The first-order chi connectivity index (χ1) is 9.47. The molecule has 0 radical (unpaired) electrons. The van der Waals surface area contributed by atoms with Crippen LogP contribution in [0.1, 0.15) is 23.2 Å². The SMILES string of the molecule is Nc1ccc(C(=O)NCC2CCC(C(=O)O)O2)cc1Br. The van der Waals surface area contributed by atoms with Crippen LogP contribution in [0.5, 0.6) is 0 Å². The molecule has 2 rings (SSSR count). The summed E-state index contributed by atoms with van der Waals surface area (Å²) in [5.74, 6) is -1.20. The van der Waals surface area contributed by atoms with Crippen LogP contribution in [0.25, 0.3) is 0 Å². The minimum absolute atomic E-state index is 0.243. The van der Waals surface area contributed by atoms with Crippen molar-refractivity contribution in [2.75, 3.05) is 12.3 Å². The smallest absolute Gasteiger partial charge is 0.332 e. The summed E-state index contributed by atoms with van der Waals surface area (Å²) in [5.41, 5.74) is 6.70. The number of carboxylic acid groups (broad SMARTS) is 1. The monoisotopic (exact) mass is 342 g/mol. The fourth-order valence-electron chi connectivity index (χ4n) is 2.01. The van der Waals surface area contributed by atoms with Crippen molar-refractivity contribution >= 4 is 33.5 Å². The summed E-state index contributed by atoms with van der Waals surface area (Å²) in [7, 11) is 0. The van der Waals surface area contributed by atoms with Gasteiger partial charge in [-0.3, -0.25) is 4.79 Å². The predicted octanol–water partition coefficient (Wildman–Crippen LogP) is 1.39. The van der Waals surface area contributed by atoms with Crippen LogP contribution >= 0.6 is 15.9 Å². The standard InChI is InChI=1S/C13H15BrN2O4/c14-9-5-7(1-3-10(9)15)12(17)16-6-8-2-4-11(20-8)13(18)19/h1,3,5,8,11H,2,4,6,15H2,(H,16,17)(H,18,19). The molecule has 1 heterocycles. The van der Waals surface area contributed by atoms with Gasteiger partial charge < -0.3 is 20.9 Å². The molecule has 0 saturated carbocycles. The molecule has 1 saturated heterocycles. The van der Waals surface area contributed by atoms with Gasteiger partial charge in [-0.2, -0.15) is 0 Å². The number of ether oxygens (including phenoxy) is 1. The van der Waals surface area contributed by atoms with Gasteiger partial charge in [-0.05, 0) is 47.0 Å². The van der Waals surface area contributed by atoms with Crippen molar-refractivity contribution in [3.8, 4) is 0 Å². The summed E-state index contributed by atoms with van der Waals surface area (Å²) < 4.78 is 5.97. The highest BCUT2D eigenvalue weighted by Gasteiger charge is 2.30. The highest BCUT2D eigenvalue weighted by atomic mass is 79.9. The number of amides is 1. The van der Waals surface area contributed by atoms with Gasteiger partial charge in [-0.1, -0.05) is 0 Å². The molecule has 108 valence electrons. The number of nitrogen functional groups attached to an aromatic ring is 1. The number of aliphatic carboxylic acids is 1. The molecular formula is C13H15BrN2O4. The lowest BCUT2D eigenvalue weighted by atomic mass is 10.1. The Hall–Kier alpha value is -1.60. The lowest BCUT2D eigenvalue weighted by molar-refractivity contribution is -0.149. The molecule has 0 bridgehead atoms. The van der Waals surface area contributed by atoms with E-state index in [1.807, 2.05) is 0 Å². The summed E-state index contributed by atoms with van der Waals surface area (Å²) in [6, 6.07) is 4.91. The molecule has 1 fully saturated rings. The first kappa shape index (κ1) is 14.8. The van der Waals surface area contributed by atoms with Crippen LogP contribution in [0, 0.1) is 0 Å². The zero-order chi connectivity index (χ0) is 14.7. The van der Waals surface area contributed by atoms with E-state index in [1.165, 1.54) is 0 Å². The Bertz CT molecular complexity index is 535. The van der Waals surface area contributed by atoms with Gasteiger partial charge in [0.25, 0.3) is 5.91 Å². The van der Waals surface area contributed by atoms with E-state index in [0.717, 1.165) is 0 Å². The highest BCUT2D eigenvalue weighted by molar-refractivity contribution is 9.10. The van der Waals surface area contributed by atoms with Gasteiger partial charge in [0, 0.05) is 22.3 Å². The maximum Gasteiger partial charge on any atom is 0.332 e. The summed E-state index contributed by atoms with van der Waals surface area (Å²) >= 11 is 3.26. The maximum atomic E-state index is 11.9. The lowest BCUT2D eigenvalue weighted by Gasteiger charge is -2.12. The molecule has 4 N–H and O–H groups in total. The quantitative estimate of drug-likeness (QED) is 0.717. The number of carboxylic acids is 1. The van der Waals surface area contributed by atoms with Gasteiger partial charge in [-0.25, -0.2) is 4.79 Å². The Kier molecular flexibility index (Phi) is 4.61. The molecule has 1 aromatic carbocycles. The molecule has 2 atom stereocenters. The molecule has 7 heteroatoms. The normalized spacial score (nSPS) is 21.6. The van der Waals surface area contributed by atoms with Crippen LogP contribution in [0.15, 0.2) is 22.7 Å². The van der Waals surface area contributed by atoms with Crippen molar-refractivity contribution in [1.82, 2.24) is 5.32 Å². The van der Waals surface area contributed by atoms with Gasteiger partial charge >= 0.3 is 5.97 Å². The van der Waals surface area contributed by atoms with E-state index in [2.05, 4.69) is 21.2 Å². The number of rotatable bonds is 4. The first-order valence-electron chi connectivity index (χ1n) is 6.19. The first-order valence-corrected chi connectivity index (χ1v) is 6.98. The second-order valence-corrected chi connectivity index (χ2v) is 5.46. The fourth-order valence-corrected chi connectivity index (χ4v) is 2.39. The number of anilines is 1. The van der Waals surface area contributed by atoms with E-state index >= 15 is 0 Å². The van der Waals surface area contributed by atoms with Gasteiger partial charge in [0.15, 0.2) is 6.10 Å². The van der Waals surface area contributed by atoms with Crippen molar-refractivity contribution in [3.05, 3.63) is 28.2 Å². The van der Waals surface area contributed by atoms with E-state index in [0.29, 0.717) is 35.1 Å². The Balaban J connectivity index is 1.86. The van der Waals surface area contributed by atoms with Gasteiger partial charge in [-0.15, -0.1) is 0 Å².